The predicted molar refractivity (Wildman–Crippen MR) is 42.4 cm³/mol. The minimum absolute atomic E-state index is 0.0353. The van der Waals surface area contributed by atoms with E-state index in [1.165, 1.54) is 20.1 Å². The highest BCUT2D eigenvalue weighted by molar-refractivity contribution is 5.90. The van der Waals surface area contributed by atoms with Gasteiger partial charge in [0, 0.05) is 5.56 Å². The summed E-state index contributed by atoms with van der Waals surface area (Å²) in [5.74, 6) is -2.65. The third-order valence-electron chi connectivity index (χ3n) is 1.74. The van der Waals surface area contributed by atoms with Crippen molar-refractivity contribution < 1.29 is 18.3 Å². The first-order valence-corrected chi connectivity index (χ1v) is 3.61. The Morgan fingerprint density at radius 3 is 2.54 bits per heavy atom. The topological polar surface area (TPSA) is 26.3 Å². The summed E-state index contributed by atoms with van der Waals surface area (Å²) in [6, 6.07) is 2.09. The quantitative estimate of drug-likeness (QED) is 0.627. The van der Waals surface area contributed by atoms with Gasteiger partial charge < -0.3 is 4.74 Å². The zero-order chi connectivity index (χ0) is 10.0. The summed E-state index contributed by atoms with van der Waals surface area (Å²) in [7, 11) is 1.18. The van der Waals surface area contributed by atoms with Gasteiger partial charge in [-0.05, 0) is 19.1 Å². The summed E-state index contributed by atoms with van der Waals surface area (Å²) in [6.07, 6.45) is 0. The maximum Gasteiger partial charge on any atom is 0.338 e. The van der Waals surface area contributed by atoms with E-state index in [0.717, 1.165) is 6.07 Å². The van der Waals surface area contributed by atoms with Crippen molar-refractivity contribution in [2.45, 2.75) is 6.92 Å². The number of methoxy groups -OCH3 is 1. The molecule has 0 saturated heterocycles. The van der Waals surface area contributed by atoms with Crippen LogP contribution >= 0.6 is 0 Å². The Morgan fingerprint density at radius 1 is 1.38 bits per heavy atom. The maximum absolute atomic E-state index is 12.9. The van der Waals surface area contributed by atoms with Crippen molar-refractivity contribution >= 4 is 5.97 Å². The molecule has 4 heteroatoms. The van der Waals surface area contributed by atoms with Crippen LogP contribution in [0.1, 0.15) is 15.9 Å². The van der Waals surface area contributed by atoms with Crippen LogP contribution in [0.5, 0.6) is 0 Å². The van der Waals surface area contributed by atoms with Crippen LogP contribution in [0.2, 0.25) is 0 Å². The van der Waals surface area contributed by atoms with Gasteiger partial charge in [-0.15, -0.1) is 0 Å². The van der Waals surface area contributed by atoms with Gasteiger partial charge in [0.15, 0.2) is 11.6 Å². The molecule has 0 bridgehead atoms. The molecule has 0 amide bonds. The van der Waals surface area contributed by atoms with Crippen LogP contribution in [0.25, 0.3) is 0 Å². The first-order valence-electron chi connectivity index (χ1n) is 3.61. The molecule has 1 aromatic rings. The Balaban J connectivity index is 3.26. The first kappa shape index (κ1) is 9.64. The van der Waals surface area contributed by atoms with E-state index in [-0.39, 0.29) is 11.1 Å². The zero-order valence-corrected chi connectivity index (χ0v) is 7.23. The number of rotatable bonds is 1. The third kappa shape index (κ3) is 1.66. The van der Waals surface area contributed by atoms with Crippen LogP contribution < -0.4 is 0 Å². The van der Waals surface area contributed by atoms with Crippen LogP contribution in [-0.2, 0) is 4.74 Å². The molecule has 0 aliphatic carbocycles. The summed E-state index contributed by atoms with van der Waals surface area (Å²) in [5, 5.41) is 0. The molecule has 0 atom stereocenters. The van der Waals surface area contributed by atoms with Crippen molar-refractivity contribution in [3.8, 4) is 0 Å². The Morgan fingerprint density at radius 2 is 2.00 bits per heavy atom. The fraction of sp³-hybridized carbons (Fsp3) is 0.222. The highest BCUT2D eigenvalue weighted by Crippen LogP contribution is 2.16. The smallest absolute Gasteiger partial charge is 0.338 e. The fourth-order valence-electron chi connectivity index (χ4n) is 0.983. The number of esters is 1. The molecule has 0 unspecified atom stereocenters. The minimum Gasteiger partial charge on any atom is -0.465 e. The molecule has 0 aromatic heterocycles. The van der Waals surface area contributed by atoms with Gasteiger partial charge in [0.05, 0.1) is 12.7 Å². The summed E-state index contributed by atoms with van der Waals surface area (Å²) in [4.78, 5) is 11.0. The van der Waals surface area contributed by atoms with E-state index in [2.05, 4.69) is 4.74 Å². The van der Waals surface area contributed by atoms with Crippen LogP contribution in [0, 0.1) is 18.6 Å². The highest BCUT2D eigenvalue weighted by Gasteiger charge is 2.14. The van der Waals surface area contributed by atoms with Gasteiger partial charge in [-0.1, -0.05) is 0 Å². The molecule has 0 N–H and O–H groups in total. The monoisotopic (exact) mass is 186 g/mol. The number of benzene rings is 1. The van der Waals surface area contributed by atoms with E-state index < -0.39 is 17.6 Å². The molecule has 0 heterocycles. The van der Waals surface area contributed by atoms with Gasteiger partial charge in [-0.2, -0.15) is 0 Å². The highest BCUT2D eigenvalue weighted by atomic mass is 19.2. The SMILES string of the molecule is COC(=O)c1ccc(F)c(F)c1C. The van der Waals surface area contributed by atoms with Gasteiger partial charge in [0.1, 0.15) is 0 Å². The molecular formula is C9H8F2O2. The standard InChI is InChI=1S/C9H8F2O2/c1-5-6(9(12)13-2)3-4-7(10)8(5)11/h3-4H,1-2H3. The van der Waals surface area contributed by atoms with Gasteiger partial charge in [-0.25, -0.2) is 13.6 Å². The van der Waals surface area contributed by atoms with Crippen molar-refractivity contribution in [2.24, 2.45) is 0 Å². The lowest BCUT2D eigenvalue weighted by Gasteiger charge is -2.04. The number of hydrogen-bond donors (Lipinski definition) is 0. The van der Waals surface area contributed by atoms with E-state index in [4.69, 9.17) is 0 Å². The van der Waals surface area contributed by atoms with Gasteiger partial charge >= 0.3 is 5.97 Å². The number of halogens is 2. The summed E-state index contributed by atoms with van der Waals surface area (Å²) >= 11 is 0. The van der Waals surface area contributed by atoms with Crippen LogP contribution in [0.3, 0.4) is 0 Å². The van der Waals surface area contributed by atoms with Crippen molar-refractivity contribution in [1.29, 1.82) is 0 Å². The molecular weight excluding hydrogens is 178 g/mol. The number of carbonyl (C=O) groups excluding carboxylic acids is 1. The molecule has 0 spiro atoms. The second-order valence-electron chi connectivity index (χ2n) is 2.53. The van der Waals surface area contributed by atoms with Gasteiger partial charge in [0.25, 0.3) is 0 Å². The Bertz CT molecular complexity index is 348. The van der Waals surface area contributed by atoms with Crippen molar-refractivity contribution in [2.75, 3.05) is 7.11 Å². The van der Waals surface area contributed by atoms with E-state index in [1.54, 1.807) is 0 Å². The van der Waals surface area contributed by atoms with E-state index in [1.807, 2.05) is 0 Å². The largest absolute Gasteiger partial charge is 0.465 e. The second kappa shape index (κ2) is 3.51. The zero-order valence-electron chi connectivity index (χ0n) is 7.23. The average Bonchev–Trinajstić information content (AvgIpc) is 2.13. The van der Waals surface area contributed by atoms with Gasteiger partial charge in [-0.3, -0.25) is 0 Å². The Labute approximate surface area is 74.1 Å². The third-order valence-corrected chi connectivity index (χ3v) is 1.74. The Hall–Kier alpha value is -1.45. The molecule has 0 radical (unpaired) electrons. The second-order valence-corrected chi connectivity index (χ2v) is 2.53. The lowest BCUT2D eigenvalue weighted by atomic mass is 10.1. The van der Waals surface area contributed by atoms with E-state index >= 15 is 0 Å². The minimum atomic E-state index is -1.01. The van der Waals surface area contributed by atoms with Gasteiger partial charge in [0.2, 0.25) is 0 Å². The molecule has 1 rings (SSSR count). The van der Waals surface area contributed by atoms with Crippen molar-refractivity contribution in [3.63, 3.8) is 0 Å². The molecule has 13 heavy (non-hydrogen) atoms. The van der Waals surface area contributed by atoms with Crippen molar-refractivity contribution in [1.82, 2.24) is 0 Å². The fourth-order valence-corrected chi connectivity index (χ4v) is 0.983. The normalized spacial score (nSPS) is 9.85. The summed E-state index contributed by atoms with van der Waals surface area (Å²) in [6.45, 7) is 1.32. The van der Waals surface area contributed by atoms with E-state index in [0.29, 0.717) is 0 Å². The number of carbonyl (C=O) groups is 1. The molecule has 2 nitrogen and oxygen atoms in total. The van der Waals surface area contributed by atoms with Crippen LogP contribution in [0.15, 0.2) is 12.1 Å². The van der Waals surface area contributed by atoms with E-state index in [9.17, 15) is 13.6 Å². The lowest BCUT2D eigenvalue weighted by molar-refractivity contribution is 0.0599. The summed E-state index contributed by atoms with van der Waals surface area (Å²) in [5.41, 5.74) is 0.00764. The predicted octanol–water partition coefficient (Wildman–Crippen LogP) is 2.06. The molecule has 0 fully saturated rings. The molecule has 0 saturated carbocycles. The van der Waals surface area contributed by atoms with Crippen LogP contribution in [0.4, 0.5) is 8.78 Å². The lowest BCUT2D eigenvalue weighted by Crippen LogP contribution is -2.06. The number of ether oxygens (including phenoxy) is 1. The number of hydrogen-bond acceptors (Lipinski definition) is 2. The van der Waals surface area contributed by atoms with Crippen LogP contribution in [-0.4, -0.2) is 13.1 Å². The summed E-state index contributed by atoms with van der Waals surface area (Å²) < 4.78 is 29.9. The molecule has 0 aliphatic heterocycles. The first-order chi connectivity index (χ1) is 6.07. The molecule has 0 aliphatic rings. The molecule has 1 aromatic carbocycles. The van der Waals surface area contributed by atoms with Crippen molar-refractivity contribution in [3.05, 3.63) is 34.9 Å². The average molecular weight is 186 g/mol. The Kier molecular flexibility index (Phi) is 2.60. The maximum atomic E-state index is 12.9. The molecule has 70 valence electrons.